The molecular weight excluding hydrogens is 302 g/mol. The first-order valence-corrected chi connectivity index (χ1v) is 7.79. The summed E-state index contributed by atoms with van der Waals surface area (Å²) in [6, 6.07) is 0.248. The Hall–Kier alpha value is -1.82. The molecule has 7 heteroatoms. The lowest BCUT2D eigenvalue weighted by atomic mass is 10.3. The number of aryl methyl sites for hydroxylation is 2. The van der Waals surface area contributed by atoms with Crippen molar-refractivity contribution >= 4 is 17.5 Å². The second-order valence-electron chi connectivity index (χ2n) is 5.62. The van der Waals surface area contributed by atoms with Gasteiger partial charge in [0.2, 0.25) is 0 Å². The highest BCUT2D eigenvalue weighted by Crippen LogP contribution is 2.18. The minimum Gasteiger partial charge on any atom is -0.352 e. The van der Waals surface area contributed by atoms with E-state index in [2.05, 4.69) is 15.5 Å². The minimum atomic E-state index is -0.0988. The number of nitrogens with one attached hydrogen (secondary N) is 1. The number of carbonyl (C=O) groups is 1. The van der Waals surface area contributed by atoms with Gasteiger partial charge in [-0.3, -0.25) is 14.2 Å². The Bertz CT molecular complexity index is 659. The first-order valence-electron chi connectivity index (χ1n) is 7.42. The van der Waals surface area contributed by atoms with E-state index in [1.54, 1.807) is 17.1 Å². The maximum atomic E-state index is 12.0. The summed E-state index contributed by atoms with van der Waals surface area (Å²) in [7, 11) is 0. The van der Waals surface area contributed by atoms with Crippen molar-refractivity contribution in [3.8, 4) is 0 Å². The Morgan fingerprint density at radius 1 is 1.41 bits per heavy atom. The summed E-state index contributed by atoms with van der Waals surface area (Å²) in [5.41, 5.74) is 2.39. The van der Waals surface area contributed by atoms with Gasteiger partial charge in [-0.2, -0.15) is 10.2 Å². The third kappa shape index (κ3) is 3.68. The van der Waals surface area contributed by atoms with E-state index in [1.807, 2.05) is 32.4 Å². The van der Waals surface area contributed by atoms with E-state index in [1.165, 1.54) is 0 Å². The predicted octanol–water partition coefficient (Wildman–Crippen LogP) is 2.75. The van der Waals surface area contributed by atoms with Gasteiger partial charge < -0.3 is 5.32 Å². The van der Waals surface area contributed by atoms with Gasteiger partial charge in [-0.15, -0.1) is 0 Å². The van der Waals surface area contributed by atoms with Gasteiger partial charge in [0.05, 0.1) is 28.2 Å². The summed E-state index contributed by atoms with van der Waals surface area (Å²) in [5, 5.41) is 12.1. The molecule has 0 spiro atoms. The second kappa shape index (κ2) is 6.96. The van der Waals surface area contributed by atoms with E-state index in [0.29, 0.717) is 17.1 Å². The highest BCUT2D eigenvalue weighted by molar-refractivity contribution is 6.31. The fourth-order valence-corrected chi connectivity index (χ4v) is 2.30. The molecule has 0 bridgehead atoms. The number of amides is 1. The molecule has 6 nitrogen and oxygen atoms in total. The summed E-state index contributed by atoms with van der Waals surface area (Å²) < 4.78 is 3.65. The average Bonchev–Trinajstić information content (AvgIpc) is 3.06. The fraction of sp³-hybridized carbons (Fsp3) is 0.533. The van der Waals surface area contributed by atoms with Gasteiger partial charge >= 0.3 is 0 Å². The third-order valence-corrected chi connectivity index (χ3v) is 4.07. The number of halogens is 1. The molecular formula is C15H22ClN5O. The molecule has 2 rings (SSSR count). The maximum Gasteiger partial charge on any atom is 0.254 e. The van der Waals surface area contributed by atoms with Crippen LogP contribution in [0.4, 0.5) is 0 Å². The van der Waals surface area contributed by atoms with Crippen molar-refractivity contribution in [2.45, 2.75) is 46.7 Å². The van der Waals surface area contributed by atoms with Crippen LogP contribution < -0.4 is 5.32 Å². The lowest BCUT2D eigenvalue weighted by Crippen LogP contribution is -2.25. The summed E-state index contributed by atoms with van der Waals surface area (Å²) in [4.78, 5) is 12.0. The van der Waals surface area contributed by atoms with Crippen LogP contribution in [0.2, 0.25) is 5.02 Å². The van der Waals surface area contributed by atoms with Crippen molar-refractivity contribution in [3.05, 3.63) is 34.4 Å². The molecule has 0 aromatic carbocycles. The van der Waals surface area contributed by atoms with Gasteiger partial charge in [0.25, 0.3) is 5.91 Å². The van der Waals surface area contributed by atoms with Crippen molar-refractivity contribution in [2.75, 3.05) is 6.54 Å². The van der Waals surface area contributed by atoms with E-state index >= 15 is 0 Å². The highest BCUT2D eigenvalue weighted by atomic mass is 35.5. The van der Waals surface area contributed by atoms with Gasteiger partial charge in [0, 0.05) is 25.3 Å². The average molecular weight is 324 g/mol. The second-order valence-corrected chi connectivity index (χ2v) is 6.00. The molecule has 0 radical (unpaired) electrons. The standard InChI is InChI=1S/C15H22ClN5O/c1-10(2)21-9-13(8-18-21)15(22)17-6-5-7-20-12(4)14(16)11(3)19-20/h8-10H,5-7H2,1-4H3,(H,17,22). The molecule has 2 heterocycles. The molecule has 22 heavy (non-hydrogen) atoms. The Labute approximate surface area is 135 Å². The third-order valence-electron chi connectivity index (χ3n) is 3.52. The van der Waals surface area contributed by atoms with Crippen molar-refractivity contribution in [2.24, 2.45) is 0 Å². The minimum absolute atomic E-state index is 0.0988. The quantitative estimate of drug-likeness (QED) is 0.831. The van der Waals surface area contributed by atoms with Crippen LogP contribution >= 0.6 is 11.6 Å². The van der Waals surface area contributed by atoms with Crippen molar-refractivity contribution < 1.29 is 4.79 Å². The molecule has 1 amide bonds. The van der Waals surface area contributed by atoms with E-state index in [9.17, 15) is 4.79 Å². The predicted molar refractivity (Wildman–Crippen MR) is 86.3 cm³/mol. The first kappa shape index (κ1) is 16.5. The molecule has 2 aromatic heterocycles. The molecule has 0 atom stereocenters. The number of carbonyl (C=O) groups excluding carboxylic acids is 1. The lowest BCUT2D eigenvalue weighted by molar-refractivity contribution is 0.0952. The van der Waals surface area contributed by atoms with Gasteiger partial charge in [-0.05, 0) is 34.1 Å². The van der Waals surface area contributed by atoms with Crippen LogP contribution in [0.15, 0.2) is 12.4 Å². The Morgan fingerprint density at radius 2 is 2.14 bits per heavy atom. The molecule has 0 aliphatic carbocycles. The number of rotatable bonds is 6. The van der Waals surface area contributed by atoms with Crippen molar-refractivity contribution in [1.82, 2.24) is 24.9 Å². The van der Waals surface area contributed by atoms with Crippen LogP contribution in [0.3, 0.4) is 0 Å². The molecule has 0 saturated heterocycles. The number of nitrogens with zero attached hydrogens (tertiary/aromatic N) is 4. The molecule has 0 unspecified atom stereocenters. The molecule has 120 valence electrons. The van der Waals surface area contributed by atoms with Crippen LogP contribution in [0.1, 0.15) is 48.1 Å². The Morgan fingerprint density at radius 3 is 2.68 bits per heavy atom. The Balaban J connectivity index is 1.80. The molecule has 0 aliphatic rings. The highest BCUT2D eigenvalue weighted by Gasteiger charge is 2.11. The van der Waals surface area contributed by atoms with Gasteiger partial charge in [0.1, 0.15) is 0 Å². The summed E-state index contributed by atoms with van der Waals surface area (Å²) in [5.74, 6) is -0.0988. The smallest absolute Gasteiger partial charge is 0.254 e. The van der Waals surface area contributed by atoms with Crippen molar-refractivity contribution in [3.63, 3.8) is 0 Å². The summed E-state index contributed by atoms with van der Waals surface area (Å²) in [6.07, 6.45) is 4.15. The molecule has 0 aliphatic heterocycles. The van der Waals surface area contributed by atoms with Crippen LogP contribution in [0, 0.1) is 13.8 Å². The van der Waals surface area contributed by atoms with E-state index in [-0.39, 0.29) is 11.9 Å². The normalized spacial score (nSPS) is 11.2. The maximum absolute atomic E-state index is 12.0. The zero-order chi connectivity index (χ0) is 16.3. The topological polar surface area (TPSA) is 64.7 Å². The van der Waals surface area contributed by atoms with Crippen LogP contribution in [0.5, 0.6) is 0 Å². The zero-order valence-electron chi connectivity index (χ0n) is 13.4. The van der Waals surface area contributed by atoms with Gasteiger partial charge in [0.15, 0.2) is 0 Å². The number of hydrogen-bond acceptors (Lipinski definition) is 3. The monoisotopic (exact) mass is 323 g/mol. The molecule has 0 fully saturated rings. The van der Waals surface area contributed by atoms with Crippen LogP contribution in [0.25, 0.3) is 0 Å². The summed E-state index contributed by atoms with van der Waals surface area (Å²) in [6.45, 7) is 9.19. The van der Waals surface area contributed by atoms with Crippen LogP contribution in [-0.4, -0.2) is 32.0 Å². The first-order chi connectivity index (χ1) is 10.4. The molecule has 0 saturated carbocycles. The fourth-order valence-electron chi connectivity index (χ4n) is 2.16. The lowest BCUT2D eigenvalue weighted by Gasteiger charge is -2.06. The van der Waals surface area contributed by atoms with E-state index < -0.39 is 0 Å². The van der Waals surface area contributed by atoms with E-state index in [0.717, 1.165) is 24.4 Å². The molecule has 1 N–H and O–H groups in total. The van der Waals surface area contributed by atoms with Gasteiger partial charge in [-0.1, -0.05) is 11.6 Å². The SMILES string of the molecule is Cc1nn(CCCNC(=O)c2cnn(C(C)C)c2)c(C)c1Cl. The van der Waals surface area contributed by atoms with Crippen LogP contribution in [-0.2, 0) is 6.54 Å². The number of aromatic nitrogens is 4. The zero-order valence-corrected chi connectivity index (χ0v) is 14.2. The van der Waals surface area contributed by atoms with E-state index in [4.69, 9.17) is 11.6 Å². The largest absolute Gasteiger partial charge is 0.352 e. The molecule has 2 aromatic rings. The summed E-state index contributed by atoms with van der Waals surface area (Å²) >= 11 is 6.11. The Kier molecular flexibility index (Phi) is 5.24. The van der Waals surface area contributed by atoms with Crippen molar-refractivity contribution in [1.29, 1.82) is 0 Å². The van der Waals surface area contributed by atoms with Gasteiger partial charge in [-0.25, -0.2) is 0 Å². The number of hydrogen-bond donors (Lipinski definition) is 1.